The zero-order valence-electron chi connectivity index (χ0n) is 9.31. The maximum absolute atomic E-state index is 11.2. The number of carboxylic acid groups (broad SMARTS) is 1. The van der Waals surface area contributed by atoms with E-state index >= 15 is 0 Å². The van der Waals surface area contributed by atoms with Crippen molar-refractivity contribution < 1.29 is 14.1 Å². The molecule has 0 spiro atoms. The van der Waals surface area contributed by atoms with Crippen molar-refractivity contribution in [1.29, 1.82) is 0 Å². The molecular formula is C10H19NO3S. The van der Waals surface area contributed by atoms with Crippen molar-refractivity contribution in [2.24, 2.45) is 5.92 Å². The van der Waals surface area contributed by atoms with Gasteiger partial charge in [0.15, 0.2) is 0 Å². The lowest BCUT2D eigenvalue weighted by atomic mass is 9.84. The van der Waals surface area contributed by atoms with Crippen LogP contribution in [0.15, 0.2) is 0 Å². The second-order valence-corrected chi connectivity index (χ2v) is 5.67. The molecule has 4 nitrogen and oxygen atoms in total. The molecule has 1 aliphatic rings. The van der Waals surface area contributed by atoms with Gasteiger partial charge in [0.2, 0.25) is 0 Å². The number of aliphatic carboxylic acids is 1. The Labute approximate surface area is 93.2 Å². The molecule has 1 rings (SSSR count). The van der Waals surface area contributed by atoms with E-state index in [1.54, 1.807) is 6.26 Å². The second kappa shape index (κ2) is 5.61. The molecule has 1 atom stereocenters. The van der Waals surface area contributed by atoms with Crippen LogP contribution in [-0.4, -0.2) is 38.9 Å². The molecular weight excluding hydrogens is 214 g/mol. The highest BCUT2D eigenvalue weighted by atomic mass is 32.2. The van der Waals surface area contributed by atoms with Crippen LogP contribution < -0.4 is 0 Å². The summed E-state index contributed by atoms with van der Waals surface area (Å²) in [6.45, 7) is 0. The summed E-state index contributed by atoms with van der Waals surface area (Å²) in [6.07, 6.45) is 5.79. The monoisotopic (exact) mass is 233 g/mol. The maximum Gasteiger partial charge on any atom is 0.303 e. The summed E-state index contributed by atoms with van der Waals surface area (Å²) in [4.78, 5) is 10.5. The van der Waals surface area contributed by atoms with Crippen molar-refractivity contribution in [3.05, 3.63) is 0 Å². The fourth-order valence-electron chi connectivity index (χ4n) is 2.17. The van der Waals surface area contributed by atoms with Gasteiger partial charge in [-0.3, -0.25) is 4.79 Å². The van der Waals surface area contributed by atoms with Gasteiger partial charge in [0, 0.05) is 25.8 Å². The first-order valence-electron chi connectivity index (χ1n) is 5.29. The molecule has 0 bridgehead atoms. The maximum atomic E-state index is 11.2. The highest BCUT2D eigenvalue weighted by molar-refractivity contribution is 7.81. The average Bonchev–Trinajstić information content (AvgIpc) is 2.17. The number of carboxylic acids is 1. The molecule has 1 N–H and O–H groups in total. The minimum atomic E-state index is -0.913. The van der Waals surface area contributed by atoms with Gasteiger partial charge < -0.3 is 5.11 Å². The first kappa shape index (κ1) is 12.6. The van der Waals surface area contributed by atoms with Crippen LogP contribution in [0.3, 0.4) is 0 Å². The minimum absolute atomic E-state index is 0.283. The summed E-state index contributed by atoms with van der Waals surface area (Å²) < 4.78 is 13.1. The summed E-state index contributed by atoms with van der Waals surface area (Å²) in [7, 11) is 0.960. The Bertz CT molecular complexity index is 249. The number of carbonyl (C=O) groups is 1. The van der Waals surface area contributed by atoms with Crippen LogP contribution >= 0.6 is 0 Å². The third kappa shape index (κ3) is 3.91. The molecule has 1 unspecified atom stereocenters. The summed E-state index contributed by atoms with van der Waals surface area (Å²) in [5.41, 5.74) is 0. The molecule has 88 valence electrons. The van der Waals surface area contributed by atoms with E-state index < -0.39 is 17.0 Å². The Kier molecular flexibility index (Phi) is 4.73. The number of hydrogen-bond acceptors (Lipinski definition) is 2. The highest BCUT2D eigenvalue weighted by Crippen LogP contribution is 2.29. The van der Waals surface area contributed by atoms with Crippen molar-refractivity contribution in [2.45, 2.75) is 38.1 Å². The molecule has 1 fully saturated rings. The molecule has 1 saturated carbocycles. The third-order valence-corrected chi connectivity index (χ3v) is 4.31. The lowest BCUT2D eigenvalue weighted by molar-refractivity contribution is -0.138. The predicted molar refractivity (Wildman–Crippen MR) is 59.8 cm³/mol. The van der Waals surface area contributed by atoms with Crippen molar-refractivity contribution in [3.63, 3.8) is 0 Å². The van der Waals surface area contributed by atoms with Gasteiger partial charge >= 0.3 is 5.97 Å². The average molecular weight is 233 g/mol. The van der Waals surface area contributed by atoms with E-state index in [1.807, 2.05) is 11.4 Å². The smallest absolute Gasteiger partial charge is 0.303 e. The SMILES string of the molecule is CN(C1CCC(CC(=O)O)CC1)S(C)=O. The Morgan fingerprint density at radius 2 is 1.93 bits per heavy atom. The van der Waals surface area contributed by atoms with Gasteiger partial charge in [0.05, 0.1) is 11.0 Å². The quantitative estimate of drug-likeness (QED) is 0.795. The third-order valence-electron chi connectivity index (χ3n) is 3.20. The molecule has 0 aliphatic heterocycles. The zero-order valence-corrected chi connectivity index (χ0v) is 10.1. The largest absolute Gasteiger partial charge is 0.481 e. The topological polar surface area (TPSA) is 57.6 Å². The predicted octanol–water partition coefficient (Wildman–Crippen LogP) is 1.25. The van der Waals surface area contributed by atoms with E-state index in [2.05, 4.69) is 0 Å². The second-order valence-electron chi connectivity index (χ2n) is 4.24. The summed E-state index contributed by atoms with van der Waals surface area (Å²) in [5.74, 6) is -0.386. The van der Waals surface area contributed by atoms with Gasteiger partial charge in [-0.1, -0.05) is 0 Å². The Hall–Kier alpha value is -0.420. The van der Waals surface area contributed by atoms with E-state index in [4.69, 9.17) is 5.11 Å². The molecule has 0 aromatic heterocycles. The normalized spacial score (nSPS) is 29.0. The van der Waals surface area contributed by atoms with E-state index in [0.717, 1.165) is 25.7 Å². The van der Waals surface area contributed by atoms with Crippen LogP contribution in [0.1, 0.15) is 32.1 Å². The van der Waals surface area contributed by atoms with Crippen LogP contribution in [-0.2, 0) is 15.8 Å². The number of nitrogens with zero attached hydrogens (tertiary/aromatic N) is 1. The molecule has 0 aromatic rings. The summed E-state index contributed by atoms with van der Waals surface area (Å²) in [5, 5.41) is 8.67. The van der Waals surface area contributed by atoms with Crippen LogP contribution in [0.4, 0.5) is 0 Å². The van der Waals surface area contributed by atoms with Gasteiger partial charge in [-0.25, -0.2) is 8.51 Å². The van der Waals surface area contributed by atoms with Gasteiger partial charge in [0.25, 0.3) is 0 Å². The van der Waals surface area contributed by atoms with Gasteiger partial charge in [-0.2, -0.15) is 0 Å². The molecule has 0 heterocycles. The Morgan fingerprint density at radius 3 is 2.33 bits per heavy atom. The Balaban J connectivity index is 2.35. The van der Waals surface area contributed by atoms with E-state index in [1.165, 1.54) is 0 Å². The van der Waals surface area contributed by atoms with Crippen molar-refractivity contribution in [3.8, 4) is 0 Å². The van der Waals surface area contributed by atoms with Crippen molar-refractivity contribution in [1.82, 2.24) is 4.31 Å². The fourth-order valence-corrected chi connectivity index (χ4v) is 2.80. The summed E-state index contributed by atoms with van der Waals surface area (Å²) in [6, 6.07) is 0.362. The van der Waals surface area contributed by atoms with E-state index in [0.29, 0.717) is 12.0 Å². The Morgan fingerprint density at radius 1 is 1.40 bits per heavy atom. The van der Waals surface area contributed by atoms with Crippen LogP contribution in [0, 0.1) is 5.92 Å². The van der Waals surface area contributed by atoms with Crippen molar-refractivity contribution in [2.75, 3.05) is 13.3 Å². The first-order valence-corrected chi connectivity index (χ1v) is 6.80. The molecule has 0 radical (unpaired) electrons. The van der Waals surface area contributed by atoms with Crippen molar-refractivity contribution >= 4 is 17.0 Å². The van der Waals surface area contributed by atoms with Gasteiger partial charge in [-0.05, 0) is 31.6 Å². The van der Waals surface area contributed by atoms with Crippen LogP contribution in [0.5, 0.6) is 0 Å². The standard InChI is InChI=1S/C10H19NO3S/c1-11(15(2)14)9-5-3-8(4-6-9)7-10(12)13/h8-9H,3-7H2,1-2H3,(H,12,13). The molecule has 0 saturated heterocycles. The molecule has 15 heavy (non-hydrogen) atoms. The van der Waals surface area contributed by atoms with Crippen LogP contribution in [0.2, 0.25) is 0 Å². The fraction of sp³-hybridized carbons (Fsp3) is 0.900. The molecule has 0 amide bonds. The lowest BCUT2D eigenvalue weighted by Crippen LogP contribution is -2.36. The highest BCUT2D eigenvalue weighted by Gasteiger charge is 2.26. The summed E-state index contributed by atoms with van der Waals surface area (Å²) >= 11 is 0. The first-order chi connectivity index (χ1) is 7.00. The zero-order chi connectivity index (χ0) is 11.4. The van der Waals surface area contributed by atoms with E-state index in [-0.39, 0.29) is 6.42 Å². The van der Waals surface area contributed by atoms with Crippen LogP contribution in [0.25, 0.3) is 0 Å². The lowest BCUT2D eigenvalue weighted by Gasteiger charge is -2.32. The number of rotatable bonds is 4. The van der Waals surface area contributed by atoms with Gasteiger partial charge in [-0.15, -0.1) is 0 Å². The number of hydrogen-bond donors (Lipinski definition) is 1. The molecule has 1 aliphatic carbocycles. The van der Waals surface area contributed by atoms with E-state index in [9.17, 15) is 9.00 Å². The van der Waals surface area contributed by atoms with Gasteiger partial charge in [0.1, 0.15) is 0 Å². The molecule has 5 heteroatoms. The molecule has 0 aromatic carbocycles. The minimum Gasteiger partial charge on any atom is -0.481 e.